The summed E-state index contributed by atoms with van der Waals surface area (Å²) in [4.78, 5) is 21.8. The number of rotatable bonds is 6. The first-order valence-electron chi connectivity index (χ1n) is 11.9. The van der Waals surface area contributed by atoms with Gasteiger partial charge in [-0.05, 0) is 60.7 Å². The highest BCUT2D eigenvalue weighted by Crippen LogP contribution is 2.35. The minimum absolute atomic E-state index is 0.200. The summed E-state index contributed by atoms with van der Waals surface area (Å²) in [6.45, 7) is 0. The molecule has 0 aliphatic rings. The van der Waals surface area contributed by atoms with Crippen molar-refractivity contribution in [2.75, 3.05) is 10.6 Å². The Balaban J connectivity index is 1.40. The molecule has 4 aromatic heterocycles. The molecule has 0 atom stereocenters. The van der Waals surface area contributed by atoms with E-state index in [0.29, 0.717) is 34.4 Å². The van der Waals surface area contributed by atoms with Crippen LogP contribution in [0.1, 0.15) is 10.5 Å². The molecule has 8 nitrogen and oxygen atoms in total. The second-order valence-electron chi connectivity index (χ2n) is 8.69. The van der Waals surface area contributed by atoms with Gasteiger partial charge in [0.15, 0.2) is 0 Å². The first-order chi connectivity index (χ1) is 18.5. The molecule has 1 amide bonds. The predicted octanol–water partition coefficient (Wildman–Crippen LogP) is 5.93. The summed E-state index contributed by atoms with van der Waals surface area (Å²) in [7, 11) is 1.83. The number of halogens is 1. The van der Waals surface area contributed by atoms with Crippen molar-refractivity contribution in [2.45, 2.75) is 0 Å². The fourth-order valence-corrected chi connectivity index (χ4v) is 4.34. The SMILES string of the molecule is Cn1cccc1C(=O)Nc1cccc(-c2nn3ccccc3c2-c2ccnc(Nc3cccc(F)c3)n2)c1. The van der Waals surface area contributed by atoms with Gasteiger partial charge in [0.2, 0.25) is 5.95 Å². The van der Waals surface area contributed by atoms with Gasteiger partial charge < -0.3 is 15.2 Å². The summed E-state index contributed by atoms with van der Waals surface area (Å²) in [6, 6.07) is 24.9. The Morgan fingerprint density at radius 1 is 0.895 bits per heavy atom. The van der Waals surface area contributed by atoms with E-state index in [4.69, 9.17) is 10.1 Å². The lowest BCUT2D eigenvalue weighted by Crippen LogP contribution is -2.15. The van der Waals surface area contributed by atoms with Crippen LogP contribution in [0, 0.1) is 5.82 Å². The number of fused-ring (bicyclic) bond motifs is 1. The summed E-state index contributed by atoms with van der Waals surface area (Å²) in [5, 5.41) is 10.9. The van der Waals surface area contributed by atoms with E-state index in [1.165, 1.54) is 12.1 Å². The Morgan fingerprint density at radius 3 is 2.61 bits per heavy atom. The van der Waals surface area contributed by atoms with Crippen LogP contribution < -0.4 is 10.6 Å². The van der Waals surface area contributed by atoms with Crippen LogP contribution in [0.3, 0.4) is 0 Å². The highest BCUT2D eigenvalue weighted by Gasteiger charge is 2.19. The smallest absolute Gasteiger partial charge is 0.272 e. The standard InChI is InChI=1S/C29H22FN7O/c1-36-15-6-12-25(36)28(38)32-21-9-4-7-19(17-21)27-26(24-11-2-3-16-37(24)35-27)23-13-14-31-29(34-23)33-22-10-5-8-20(30)18-22/h2-18H,1H3,(H,32,38)(H,31,33,34). The van der Waals surface area contributed by atoms with Gasteiger partial charge in [0.1, 0.15) is 17.2 Å². The van der Waals surface area contributed by atoms with Crippen molar-refractivity contribution >= 4 is 28.7 Å². The number of aryl methyl sites for hydroxylation is 1. The molecule has 0 fully saturated rings. The average molecular weight is 504 g/mol. The number of hydrogen-bond acceptors (Lipinski definition) is 5. The third-order valence-electron chi connectivity index (χ3n) is 6.10. The van der Waals surface area contributed by atoms with Crippen molar-refractivity contribution < 1.29 is 9.18 Å². The van der Waals surface area contributed by atoms with Crippen LogP contribution in [0.5, 0.6) is 0 Å². The highest BCUT2D eigenvalue weighted by molar-refractivity contribution is 6.03. The molecule has 38 heavy (non-hydrogen) atoms. The van der Waals surface area contributed by atoms with Crippen molar-refractivity contribution in [3.63, 3.8) is 0 Å². The topological polar surface area (TPSA) is 89.1 Å². The lowest BCUT2D eigenvalue weighted by atomic mass is 10.0. The molecule has 2 aromatic carbocycles. The first-order valence-corrected chi connectivity index (χ1v) is 11.9. The van der Waals surface area contributed by atoms with Crippen LogP contribution in [0.15, 0.2) is 104 Å². The van der Waals surface area contributed by atoms with Gasteiger partial charge in [-0.15, -0.1) is 0 Å². The molecule has 0 saturated heterocycles. The van der Waals surface area contributed by atoms with E-state index in [9.17, 15) is 9.18 Å². The van der Waals surface area contributed by atoms with E-state index in [2.05, 4.69) is 15.6 Å². The number of nitrogens with zero attached hydrogens (tertiary/aromatic N) is 5. The molecule has 0 aliphatic heterocycles. The predicted molar refractivity (Wildman–Crippen MR) is 145 cm³/mol. The van der Waals surface area contributed by atoms with Gasteiger partial charge >= 0.3 is 0 Å². The van der Waals surface area contributed by atoms with Gasteiger partial charge in [-0.3, -0.25) is 4.79 Å². The van der Waals surface area contributed by atoms with Gasteiger partial charge in [-0.25, -0.2) is 18.9 Å². The second kappa shape index (κ2) is 9.62. The number of hydrogen-bond donors (Lipinski definition) is 2. The van der Waals surface area contributed by atoms with Crippen LogP contribution in [0.2, 0.25) is 0 Å². The first kappa shape index (κ1) is 23.1. The maximum atomic E-state index is 13.7. The fraction of sp³-hybridized carbons (Fsp3) is 0.0345. The van der Waals surface area contributed by atoms with Gasteiger partial charge in [0.05, 0.1) is 16.8 Å². The number of benzene rings is 2. The Labute approximate surface area is 217 Å². The lowest BCUT2D eigenvalue weighted by Gasteiger charge is -2.09. The van der Waals surface area contributed by atoms with Gasteiger partial charge in [-0.2, -0.15) is 5.10 Å². The zero-order valence-electron chi connectivity index (χ0n) is 20.3. The van der Waals surface area contributed by atoms with Crippen LogP contribution >= 0.6 is 0 Å². The van der Waals surface area contributed by atoms with Crippen molar-refractivity contribution in [1.82, 2.24) is 24.1 Å². The summed E-state index contributed by atoms with van der Waals surface area (Å²) in [6.07, 6.45) is 5.35. The molecule has 9 heteroatoms. The largest absolute Gasteiger partial charge is 0.347 e. The fourth-order valence-electron chi connectivity index (χ4n) is 4.34. The van der Waals surface area contributed by atoms with E-state index in [1.807, 2.05) is 74.0 Å². The molecule has 0 spiro atoms. The summed E-state index contributed by atoms with van der Waals surface area (Å²) in [5.41, 5.74) is 5.57. The molecule has 0 aliphatic carbocycles. The summed E-state index contributed by atoms with van der Waals surface area (Å²) >= 11 is 0. The molecule has 0 saturated carbocycles. The summed E-state index contributed by atoms with van der Waals surface area (Å²) < 4.78 is 17.2. The third-order valence-corrected chi connectivity index (χ3v) is 6.10. The molecular formula is C29H22FN7O. The molecule has 0 bridgehead atoms. The zero-order chi connectivity index (χ0) is 26.1. The molecular weight excluding hydrogens is 481 g/mol. The van der Waals surface area contributed by atoms with E-state index in [-0.39, 0.29) is 11.7 Å². The number of anilines is 3. The molecule has 0 unspecified atom stereocenters. The number of aromatic nitrogens is 5. The monoisotopic (exact) mass is 503 g/mol. The maximum Gasteiger partial charge on any atom is 0.272 e. The highest BCUT2D eigenvalue weighted by atomic mass is 19.1. The molecule has 2 N–H and O–H groups in total. The van der Waals surface area contributed by atoms with Crippen LogP contribution in [0.25, 0.3) is 28.0 Å². The van der Waals surface area contributed by atoms with Crippen molar-refractivity contribution in [3.8, 4) is 22.5 Å². The number of amides is 1. The summed E-state index contributed by atoms with van der Waals surface area (Å²) in [5.74, 6) is -0.221. The van der Waals surface area contributed by atoms with E-state index in [1.54, 1.807) is 33.5 Å². The number of nitrogens with one attached hydrogen (secondary N) is 2. The number of pyridine rings is 1. The van der Waals surface area contributed by atoms with Gasteiger partial charge in [0, 0.05) is 42.6 Å². The van der Waals surface area contributed by atoms with E-state index >= 15 is 0 Å². The van der Waals surface area contributed by atoms with Crippen LogP contribution in [-0.2, 0) is 7.05 Å². The molecule has 6 rings (SSSR count). The molecule has 186 valence electrons. The minimum atomic E-state index is -0.352. The Kier molecular flexibility index (Phi) is 5.85. The van der Waals surface area contributed by atoms with Crippen molar-refractivity contribution in [3.05, 3.63) is 115 Å². The zero-order valence-corrected chi connectivity index (χ0v) is 20.3. The average Bonchev–Trinajstić information content (AvgIpc) is 3.53. The third kappa shape index (κ3) is 4.48. The lowest BCUT2D eigenvalue weighted by molar-refractivity contribution is 0.101. The number of carbonyl (C=O) groups is 1. The van der Waals surface area contributed by atoms with Crippen molar-refractivity contribution in [2.24, 2.45) is 7.05 Å². The molecule has 6 aromatic rings. The quantitative estimate of drug-likeness (QED) is 0.294. The molecule has 0 radical (unpaired) electrons. The molecule has 4 heterocycles. The van der Waals surface area contributed by atoms with E-state index in [0.717, 1.165) is 16.6 Å². The maximum absolute atomic E-state index is 13.7. The van der Waals surface area contributed by atoms with Crippen molar-refractivity contribution in [1.29, 1.82) is 0 Å². The minimum Gasteiger partial charge on any atom is -0.347 e. The van der Waals surface area contributed by atoms with Crippen LogP contribution in [0.4, 0.5) is 21.7 Å². The Hall–Kier alpha value is -5.31. The Bertz CT molecular complexity index is 1790. The van der Waals surface area contributed by atoms with Gasteiger partial charge in [-0.1, -0.05) is 24.3 Å². The van der Waals surface area contributed by atoms with Gasteiger partial charge in [0.25, 0.3) is 5.91 Å². The normalized spacial score (nSPS) is 11.0. The van der Waals surface area contributed by atoms with E-state index < -0.39 is 0 Å². The Morgan fingerprint density at radius 2 is 1.76 bits per heavy atom. The second-order valence-corrected chi connectivity index (χ2v) is 8.69. The number of carbonyl (C=O) groups excluding carboxylic acids is 1. The van der Waals surface area contributed by atoms with Crippen LogP contribution in [-0.4, -0.2) is 30.1 Å².